The Kier molecular flexibility index (Phi) is 6.49. The van der Waals surface area contributed by atoms with E-state index >= 15 is 0 Å². The van der Waals surface area contributed by atoms with Gasteiger partial charge < -0.3 is 5.32 Å². The molecule has 2 rings (SSSR count). The summed E-state index contributed by atoms with van der Waals surface area (Å²) in [6.45, 7) is 6.48. The summed E-state index contributed by atoms with van der Waals surface area (Å²) in [5.74, 6) is 0. The van der Waals surface area contributed by atoms with E-state index in [1.807, 2.05) is 0 Å². The molecule has 0 aliphatic carbocycles. The highest BCUT2D eigenvalue weighted by Gasteiger charge is 1.99. The lowest BCUT2D eigenvalue weighted by molar-refractivity contribution is 0.675. The quantitative estimate of drug-likeness (QED) is 0.656. The van der Waals surface area contributed by atoms with Crippen LogP contribution < -0.4 is 5.32 Å². The first-order valence-corrected chi connectivity index (χ1v) is 8.22. The third-order valence-electron chi connectivity index (χ3n) is 3.82. The maximum atomic E-state index is 3.44. The van der Waals surface area contributed by atoms with Crippen LogP contribution in [0, 0.1) is 0 Å². The molecule has 0 aliphatic heterocycles. The van der Waals surface area contributed by atoms with Gasteiger partial charge in [-0.15, -0.1) is 0 Å². The van der Waals surface area contributed by atoms with Crippen molar-refractivity contribution in [2.45, 2.75) is 46.1 Å². The van der Waals surface area contributed by atoms with Gasteiger partial charge in [0.25, 0.3) is 0 Å². The SMILES string of the molecule is CCCCc1ccc(-c2ccc(CNCCC)cc2)cc1. The van der Waals surface area contributed by atoms with Crippen LogP contribution in [0.25, 0.3) is 11.1 Å². The average molecular weight is 281 g/mol. The summed E-state index contributed by atoms with van der Waals surface area (Å²) < 4.78 is 0. The van der Waals surface area contributed by atoms with Crippen molar-refractivity contribution < 1.29 is 0 Å². The first kappa shape index (κ1) is 15.8. The molecule has 0 atom stereocenters. The van der Waals surface area contributed by atoms with Gasteiger partial charge in [0.2, 0.25) is 0 Å². The van der Waals surface area contributed by atoms with Crippen LogP contribution in [0.1, 0.15) is 44.2 Å². The molecule has 0 saturated heterocycles. The number of aryl methyl sites for hydroxylation is 1. The second-order valence-corrected chi connectivity index (χ2v) is 5.67. The van der Waals surface area contributed by atoms with E-state index in [0.717, 1.165) is 13.1 Å². The second-order valence-electron chi connectivity index (χ2n) is 5.67. The molecule has 0 spiro atoms. The van der Waals surface area contributed by atoms with Crippen LogP contribution in [-0.2, 0) is 13.0 Å². The Morgan fingerprint density at radius 1 is 0.714 bits per heavy atom. The number of benzene rings is 2. The van der Waals surface area contributed by atoms with Crippen molar-refractivity contribution in [1.29, 1.82) is 0 Å². The van der Waals surface area contributed by atoms with Crippen LogP contribution in [0.2, 0.25) is 0 Å². The predicted molar refractivity (Wildman–Crippen MR) is 92.5 cm³/mol. The highest BCUT2D eigenvalue weighted by atomic mass is 14.8. The van der Waals surface area contributed by atoms with Crippen LogP contribution >= 0.6 is 0 Å². The Balaban J connectivity index is 1.97. The van der Waals surface area contributed by atoms with E-state index in [9.17, 15) is 0 Å². The summed E-state index contributed by atoms with van der Waals surface area (Å²) >= 11 is 0. The van der Waals surface area contributed by atoms with Gasteiger partial charge in [-0.05, 0) is 48.1 Å². The van der Waals surface area contributed by atoms with E-state index < -0.39 is 0 Å². The number of hydrogen-bond donors (Lipinski definition) is 1. The van der Waals surface area contributed by atoms with Crippen LogP contribution in [0.3, 0.4) is 0 Å². The maximum absolute atomic E-state index is 3.44. The number of nitrogens with one attached hydrogen (secondary N) is 1. The van der Waals surface area contributed by atoms with Gasteiger partial charge in [0.05, 0.1) is 0 Å². The topological polar surface area (TPSA) is 12.0 Å². The molecule has 1 nitrogen and oxygen atoms in total. The summed E-state index contributed by atoms with van der Waals surface area (Å²) in [4.78, 5) is 0. The monoisotopic (exact) mass is 281 g/mol. The fraction of sp³-hybridized carbons (Fsp3) is 0.400. The van der Waals surface area contributed by atoms with Gasteiger partial charge in [0.1, 0.15) is 0 Å². The summed E-state index contributed by atoms with van der Waals surface area (Å²) in [5.41, 5.74) is 5.41. The maximum Gasteiger partial charge on any atom is 0.0205 e. The Morgan fingerprint density at radius 3 is 1.81 bits per heavy atom. The molecule has 0 radical (unpaired) electrons. The molecular formula is C20H27N. The molecule has 21 heavy (non-hydrogen) atoms. The average Bonchev–Trinajstić information content (AvgIpc) is 2.54. The van der Waals surface area contributed by atoms with Crippen molar-refractivity contribution in [2.24, 2.45) is 0 Å². The Bertz CT molecular complexity index is 511. The molecule has 0 saturated carbocycles. The molecule has 0 heterocycles. The molecule has 112 valence electrons. The summed E-state index contributed by atoms with van der Waals surface area (Å²) in [5, 5.41) is 3.44. The number of rotatable bonds is 8. The van der Waals surface area contributed by atoms with Crippen molar-refractivity contribution in [3.05, 3.63) is 59.7 Å². The van der Waals surface area contributed by atoms with Crippen molar-refractivity contribution in [1.82, 2.24) is 5.32 Å². The van der Waals surface area contributed by atoms with Gasteiger partial charge in [0, 0.05) is 6.54 Å². The van der Waals surface area contributed by atoms with E-state index in [1.54, 1.807) is 0 Å². The predicted octanol–water partition coefficient (Wildman–Crippen LogP) is 5.20. The van der Waals surface area contributed by atoms with Crippen molar-refractivity contribution in [2.75, 3.05) is 6.54 Å². The first-order chi connectivity index (χ1) is 10.3. The summed E-state index contributed by atoms with van der Waals surface area (Å²) in [6.07, 6.45) is 4.91. The van der Waals surface area contributed by atoms with Crippen LogP contribution in [0.4, 0.5) is 0 Å². The zero-order chi connectivity index (χ0) is 14.9. The second kappa shape index (κ2) is 8.63. The molecule has 0 unspecified atom stereocenters. The lowest BCUT2D eigenvalue weighted by Crippen LogP contribution is -2.13. The van der Waals surface area contributed by atoms with Crippen LogP contribution in [0.5, 0.6) is 0 Å². The van der Waals surface area contributed by atoms with E-state index in [4.69, 9.17) is 0 Å². The molecule has 0 aliphatic rings. The molecule has 0 fully saturated rings. The molecule has 0 aromatic heterocycles. The molecule has 1 heteroatoms. The molecule has 2 aromatic carbocycles. The molecule has 0 amide bonds. The van der Waals surface area contributed by atoms with Gasteiger partial charge in [-0.1, -0.05) is 68.8 Å². The Hall–Kier alpha value is -1.60. The summed E-state index contributed by atoms with van der Waals surface area (Å²) in [6, 6.07) is 17.9. The van der Waals surface area contributed by atoms with E-state index in [-0.39, 0.29) is 0 Å². The highest BCUT2D eigenvalue weighted by Crippen LogP contribution is 2.21. The minimum atomic E-state index is 0.962. The summed E-state index contributed by atoms with van der Waals surface area (Å²) in [7, 11) is 0. The fourth-order valence-corrected chi connectivity index (χ4v) is 2.47. The van der Waals surface area contributed by atoms with Crippen molar-refractivity contribution in [3.8, 4) is 11.1 Å². The molecule has 1 N–H and O–H groups in total. The molecule has 2 aromatic rings. The van der Waals surface area contributed by atoms with Gasteiger partial charge in [-0.2, -0.15) is 0 Å². The Labute approximate surface area is 129 Å². The minimum Gasteiger partial charge on any atom is -0.313 e. The fourth-order valence-electron chi connectivity index (χ4n) is 2.47. The van der Waals surface area contributed by atoms with Crippen molar-refractivity contribution >= 4 is 0 Å². The Morgan fingerprint density at radius 2 is 1.29 bits per heavy atom. The minimum absolute atomic E-state index is 0.962. The first-order valence-electron chi connectivity index (χ1n) is 8.22. The number of unbranched alkanes of at least 4 members (excludes halogenated alkanes) is 1. The third-order valence-corrected chi connectivity index (χ3v) is 3.82. The largest absolute Gasteiger partial charge is 0.313 e. The van der Waals surface area contributed by atoms with Gasteiger partial charge in [-0.25, -0.2) is 0 Å². The van der Waals surface area contributed by atoms with Crippen molar-refractivity contribution in [3.63, 3.8) is 0 Å². The van der Waals surface area contributed by atoms with Gasteiger partial charge in [0.15, 0.2) is 0 Å². The smallest absolute Gasteiger partial charge is 0.0205 e. The lowest BCUT2D eigenvalue weighted by Gasteiger charge is -2.07. The zero-order valence-electron chi connectivity index (χ0n) is 13.4. The molecular weight excluding hydrogens is 254 g/mol. The van der Waals surface area contributed by atoms with E-state index in [0.29, 0.717) is 0 Å². The molecule has 0 bridgehead atoms. The standard InChI is InChI=1S/C20H27N/c1-3-5-6-17-7-11-19(12-8-17)20-13-9-18(10-14-20)16-21-15-4-2/h7-14,21H,3-6,15-16H2,1-2H3. The van der Waals surface area contributed by atoms with Gasteiger partial charge >= 0.3 is 0 Å². The number of hydrogen-bond acceptors (Lipinski definition) is 1. The van der Waals surface area contributed by atoms with Crippen LogP contribution in [-0.4, -0.2) is 6.54 Å². The lowest BCUT2D eigenvalue weighted by atomic mass is 10.0. The van der Waals surface area contributed by atoms with E-state index in [1.165, 1.54) is 47.9 Å². The normalized spacial score (nSPS) is 10.8. The highest BCUT2D eigenvalue weighted by molar-refractivity contribution is 5.63. The van der Waals surface area contributed by atoms with Crippen LogP contribution in [0.15, 0.2) is 48.5 Å². The van der Waals surface area contributed by atoms with E-state index in [2.05, 4.69) is 67.7 Å². The zero-order valence-corrected chi connectivity index (χ0v) is 13.4. The third kappa shape index (κ3) is 5.02. The van der Waals surface area contributed by atoms with Gasteiger partial charge in [-0.3, -0.25) is 0 Å².